The van der Waals surface area contributed by atoms with Crippen molar-refractivity contribution in [2.24, 2.45) is 0 Å². The monoisotopic (exact) mass is 495 g/mol. The summed E-state index contributed by atoms with van der Waals surface area (Å²) >= 11 is 0. The molecule has 1 fully saturated rings. The van der Waals surface area contributed by atoms with E-state index in [0.717, 1.165) is 55.3 Å². The topological polar surface area (TPSA) is 63.3 Å². The number of amides is 1. The lowest BCUT2D eigenvalue weighted by molar-refractivity contribution is 0.0929. The molecule has 0 unspecified atom stereocenters. The Balaban J connectivity index is 1.31. The summed E-state index contributed by atoms with van der Waals surface area (Å²) in [5.74, 6) is -0.327. The molecule has 9 heteroatoms. The zero-order valence-corrected chi connectivity index (χ0v) is 19.9. The van der Waals surface area contributed by atoms with E-state index >= 15 is 0 Å². The van der Waals surface area contributed by atoms with Gasteiger partial charge in [-0.1, -0.05) is 6.07 Å². The van der Waals surface area contributed by atoms with Gasteiger partial charge in [0.05, 0.1) is 13.2 Å². The number of hydrogen-bond acceptors (Lipinski definition) is 6. The van der Waals surface area contributed by atoms with Gasteiger partial charge in [0.25, 0.3) is 5.91 Å². The Hall–Kier alpha value is -3.85. The summed E-state index contributed by atoms with van der Waals surface area (Å²) in [6.07, 6.45) is 0. The molecule has 7 nitrogen and oxygen atoms in total. The van der Waals surface area contributed by atoms with Gasteiger partial charge in [0.15, 0.2) is 23.1 Å². The lowest BCUT2D eigenvalue weighted by Crippen LogP contribution is -2.50. The molecule has 0 aliphatic carbocycles. The van der Waals surface area contributed by atoms with Crippen molar-refractivity contribution in [1.82, 2.24) is 10.2 Å². The van der Waals surface area contributed by atoms with Gasteiger partial charge >= 0.3 is 0 Å². The number of carbonyl (C=O) groups is 1. The molecular weight excluding hydrogens is 468 g/mol. The van der Waals surface area contributed by atoms with E-state index in [1.54, 1.807) is 7.11 Å². The van der Waals surface area contributed by atoms with Crippen LogP contribution in [-0.4, -0.2) is 57.4 Å². The largest absolute Gasteiger partial charge is 0.497 e. The highest BCUT2D eigenvalue weighted by Gasteiger charge is 2.27. The Morgan fingerprint density at radius 2 is 1.69 bits per heavy atom. The van der Waals surface area contributed by atoms with Gasteiger partial charge in [-0.3, -0.25) is 9.69 Å². The molecule has 0 bridgehead atoms. The second-order valence-corrected chi connectivity index (χ2v) is 8.69. The summed E-state index contributed by atoms with van der Waals surface area (Å²) in [6.45, 7) is 3.63. The maximum absolute atomic E-state index is 13.6. The first-order valence-electron chi connectivity index (χ1n) is 11.8. The van der Waals surface area contributed by atoms with Gasteiger partial charge in [-0.25, -0.2) is 8.78 Å². The highest BCUT2D eigenvalue weighted by atomic mass is 19.2. The number of methoxy groups -OCH3 is 1. The summed E-state index contributed by atoms with van der Waals surface area (Å²) in [5, 5.41) is 2.90. The highest BCUT2D eigenvalue weighted by Crippen LogP contribution is 2.36. The number of rotatable bonds is 7. The van der Waals surface area contributed by atoms with Gasteiger partial charge in [0.1, 0.15) is 5.75 Å². The number of hydrogen-bond donors (Lipinski definition) is 1. The Bertz CT molecular complexity index is 1230. The lowest BCUT2D eigenvalue weighted by atomic mass is 10.0. The zero-order chi connectivity index (χ0) is 25.1. The standard InChI is InChI=1S/C27H27F2N3O4/c1-34-21-6-4-20(5-7-21)31-10-12-32(13-11-31)24(18-3-9-25-26(15-18)36-17-35-25)16-30-27(33)19-2-8-22(28)23(29)14-19/h2-9,14-15,24H,10-13,16-17H2,1H3,(H,30,33)/t24-/m1/s1. The second kappa shape index (κ2) is 10.4. The van der Waals surface area contributed by atoms with Crippen molar-refractivity contribution in [2.45, 2.75) is 6.04 Å². The fraction of sp³-hybridized carbons (Fsp3) is 0.296. The number of benzene rings is 3. The van der Waals surface area contributed by atoms with Crippen LogP contribution in [0.15, 0.2) is 60.7 Å². The molecular formula is C27H27F2N3O4. The first-order chi connectivity index (χ1) is 17.5. The van der Waals surface area contributed by atoms with Gasteiger partial charge in [0.2, 0.25) is 6.79 Å². The quantitative estimate of drug-likeness (QED) is 0.535. The van der Waals surface area contributed by atoms with E-state index in [0.29, 0.717) is 18.0 Å². The third kappa shape index (κ3) is 5.06. The van der Waals surface area contributed by atoms with E-state index in [9.17, 15) is 13.6 Å². The molecule has 1 N–H and O–H groups in total. The molecule has 0 saturated carbocycles. The van der Waals surface area contributed by atoms with Crippen LogP contribution in [0.4, 0.5) is 14.5 Å². The molecule has 1 amide bonds. The van der Waals surface area contributed by atoms with Gasteiger partial charge in [0, 0.05) is 44.0 Å². The maximum atomic E-state index is 13.6. The molecule has 188 valence electrons. The average molecular weight is 496 g/mol. The molecule has 1 atom stereocenters. The predicted molar refractivity (Wildman–Crippen MR) is 131 cm³/mol. The van der Waals surface area contributed by atoms with Crippen LogP contribution < -0.4 is 24.4 Å². The molecule has 2 heterocycles. The van der Waals surface area contributed by atoms with E-state index in [1.165, 1.54) is 6.07 Å². The Labute approximate surface area is 208 Å². The minimum Gasteiger partial charge on any atom is -0.497 e. The fourth-order valence-electron chi connectivity index (χ4n) is 4.59. The number of carbonyl (C=O) groups excluding carboxylic acids is 1. The summed E-state index contributed by atoms with van der Waals surface area (Å²) < 4.78 is 43.2. The number of nitrogens with zero attached hydrogens (tertiary/aromatic N) is 2. The molecule has 3 aromatic rings. The van der Waals surface area contributed by atoms with Crippen molar-refractivity contribution in [2.75, 3.05) is 51.5 Å². The van der Waals surface area contributed by atoms with Crippen LogP contribution in [0.3, 0.4) is 0 Å². The van der Waals surface area contributed by atoms with Crippen molar-refractivity contribution in [3.63, 3.8) is 0 Å². The van der Waals surface area contributed by atoms with Crippen LogP contribution in [0.25, 0.3) is 0 Å². The molecule has 36 heavy (non-hydrogen) atoms. The van der Waals surface area contributed by atoms with Gasteiger partial charge in [-0.15, -0.1) is 0 Å². The molecule has 2 aliphatic heterocycles. The molecule has 2 aliphatic rings. The van der Waals surface area contributed by atoms with Crippen molar-refractivity contribution in [1.29, 1.82) is 0 Å². The molecule has 1 saturated heterocycles. The summed E-state index contributed by atoms with van der Waals surface area (Å²) in [5.41, 5.74) is 2.17. The van der Waals surface area contributed by atoms with Gasteiger partial charge < -0.3 is 24.4 Å². The molecule has 5 rings (SSSR count). The Morgan fingerprint density at radius 3 is 2.42 bits per heavy atom. The summed E-state index contributed by atoms with van der Waals surface area (Å²) in [7, 11) is 1.65. The highest BCUT2D eigenvalue weighted by molar-refractivity contribution is 5.94. The molecule has 0 radical (unpaired) electrons. The third-order valence-corrected chi connectivity index (χ3v) is 6.61. The normalized spacial score (nSPS) is 16.0. The zero-order valence-electron chi connectivity index (χ0n) is 19.9. The molecule has 0 spiro atoms. The minimum absolute atomic E-state index is 0.0719. The number of nitrogens with one attached hydrogen (secondary N) is 1. The summed E-state index contributed by atoms with van der Waals surface area (Å²) in [6, 6.07) is 16.8. The number of fused-ring (bicyclic) bond motifs is 1. The van der Waals surface area contributed by atoms with Crippen LogP contribution in [0, 0.1) is 11.6 Å². The van der Waals surface area contributed by atoms with E-state index in [1.807, 2.05) is 42.5 Å². The van der Waals surface area contributed by atoms with Crippen molar-refractivity contribution in [3.8, 4) is 17.2 Å². The van der Waals surface area contributed by atoms with Crippen LogP contribution in [0.1, 0.15) is 22.0 Å². The van der Waals surface area contributed by atoms with Crippen LogP contribution in [-0.2, 0) is 0 Å². The number of anilines is 1. The van der Waals surface area contributed by atoms with E-state index in [4.69, 9.17) is 14.2 Å². The van der Waals surface area contributed by atoms with Crippen LogP contribution in [0.5, 0.6) is 17.2 Å². The maximum Gasteiger partial charge on any atom is 0.251 e. The van der Waals surface area contributed by atoms with E-state index < -0.39 is 17.5 Å². The fourth-order valence-corrected chi connectivity index (χ4v) is 4.59. The summed E-state index contributed by atoms with van der Waals surface area (Å²) in [4.78, 5) is 17.3. The number of piperazine rings is 1. The Kier molecular flexibility index (Phi) is 6.90. The van der Waals surface area contributed by atoms with Crippen LogP contribution in [0.2, 0.25) is 0 Å². The van der Waals surface area contributed by atoms with Crippen molar-refractivity contribution < 1.29 is 27.8 Å². The van der Waals surface area contributed by atoms with Crippen molar-refractivity contribution in [3.05, 3.63) is 83.4 Å². The molecule has 3 aromatic carbocycles. The molecule has 0 aromatic heterocycles. The van der Waals surface area contributed by atoms with E-state index in [-0.39, 0.29) is 18.4 Å². The second-order valence-electron chi connectivity index (χ2n) is 8.69. The number of halogens is 2. The minimum atomic E-state index is -1.05. The smallest absolute Gasteiger partial charge is 0.251 e. The SMILES string of the molecule is COc1ccc(N2CCN([C@H](CNC(=O)c3ccc(F)c(F)c3)c3ccc4c(c3)OCO4)CC2)cc1. The first-order valence-corrected chi connectivity index (χ1v) is 11.8. The predicted octanol–water partition coefficient (Wildman–Crippen LogP) is 4.00. The van der Waals surface area contributed by atoms with Gasteiger partial charge in [-0.2, -0.15) is 0 Å². The lowest BCUT2D eigenvalue weighted by Gasteiger charge is -2.40. The van der Waals surface area contributed by atoms with Gasteiger partial charge in [-0.05, 0) is 60.2 Å². The Morgan fingerprint density at radius 1 is 0.944 bits per heavy atom. The first kappa shape index (κ1) is 23.9. The average Bonchev–Trinajstić information content (AvgIpc) is 3.39. The number of ether oxygens (including phenoxy) is 3. The third-order valence-electron chi connectivity index (χ3n) is 6.61. The van der Waals surface area contributed by atoms with E-state index in [2.05, 4.69) is 15.1 Å². The van der Waals surface area contributed by atoms with Crippen LogP contribution >= 0.6 is 0 Å². The van der Waals surface area contributed by atoms with Crippen molar-refractivity contribution >= 4 is 11.6 Å².